The summed E-state index contributed by atoms with van der Waals surface area (Å²) in [5, 5.41) is 12.4. The molecule has 204 valence electrons. The number of rotatable bonds is 7. The van der Waals surface area contributed by atoms with E-state index in [2.05, 4.69) is 26.3 Å². The van der Waals surface area contributed by atoms with E-state index in [9.17, 15) is 19.6 Å². The first-order valence-corrected chi connectivity index (χ1v) is 13.0. The summed E-state index contributed by atoms with van der Waals surface area (Å²) in [4.78, 5) is 51.9. The molecule has 0 bridgehead atoms. The van der Waals surface area contributed by atoms with Gasteiger partial charge in [-0.1, -0.05) is 0 Å². The van der Waals surface area contributed by atoms with Crippen LogP contribution in [0.4, 0.5) is 22.1 Å². The maximum atomic E-state index is 13.4. The molecule has 0 aromatic carbocycles. The predicted molar refractivity (Wildman–Crippen MR) is 142 cm³/mol. The Balaban J connectivity index is 1.36. The van der Waals surface area contributed by atoms with Crippen LogP contribution in [0.2, 0.25) is 0 Å². The number of hydrogen-bond acceptors (Lipinski definition) is 9. The molecule has 2 atom stereocenters. The Morgan fingerprint density at radius 1 is 1.23 bits per heavy atom. The largest absolute Gasteiger partial charge is 0.380 e. The molecule has 0 unspecified atom stereocenters. The van der Waals surface area contributed by atoms with Gasteiger partial charge in [-0.2, -0.15) is 5.26 Å². The molecular weight excluding hydrogens is 502 g/mol. The van der Waals surface area contributed by atoms with Crippen LogP contribution < -0.4 is 15.1 Å². The minimum Gasteiger partial charge on any atom is -0.380 e. The Morgan fingerprint density at radius 2 is 2.08 bits per heavy atom. The van der Waals surface area contributed by atoms with Crippen molar-refractivity contribution in [2.24, 2.45) is 0 Å². The highest BCUT2D eigenvalue weighted by Crippen LogP contribution is 2.30. The number of urea groups is 1. The minimum atomic E-state index is -0.460. The fourth-order valence-corrected chi connectivity index (χ4v) is 5.45. The lowest BCUT2D eigenvalue weighted by atomic mass is 10.0. The summed E-state index contributed by atoms with van der Waals surface area (Å²) in [6, 6.07) is 5.32. The Morgan fingerprint density at radius 3 is 2.77 bits per heavy atom. The van der Waals surface area contributed by atoms with E-state index < -0.39 is 12.1 Å². The van der Waals surface area contributed by atoms with Gasteiger partial charge in [-0.3, -0.25) is 19.8 Å². The first-order chi connectivity index (χ1) is 18.9. The third kappa shape index (κ3) is 5.28. The Bertz CT molecular complexity index is 1330. The summed E-state index contributed by atoms with van der Waals surface area (Å²) in [5.74, 6) is 0.631. The number of carbonyl (C=O) groups is 3. The topological polar surface area (TPSA) is 141 Å². The number of pyridine rings is 2. The summed E-state index contributed by atoms with van der Waals surface area (Å²) < 4.78 is 10.7. The Hall–Kier alpha value is -4.08. The van der Waals surface area contributed by atoms with Crippen LogP contribution in [-0.4, -0.2) is 85.7 Å². The second-order valence-electron chi connectivity index (χ2n) is 9.88. The zero-order valence-electron chi connectivity index (χ0n) is 22.1. The van der Waals surface area contributed by atoms with Gasteiger partial charge in [0.15, 0.2) is 6.29 Å². The van der Waals surface area contributed by atoms with Gasteiger partial charge in [-0.25, -0.2) is 14.8 Å². The molecule has 0 radical (unpaired) electrons. The van der Waals surface area contributed by atoms with Crippen molar-refractivity contribution in [2.75, 3.05) is 55.5 Å². The number of nitrogens with one attached hydrogen (secondary N) is 1. The SMILES string of the molecule is CO[C@H]1CCN(c2cc(NC(=O)N3CCCc4cc(CN5CC[C@H](OC)C5=O)c(C=O)nc43)ncc2C#N)C1. The van der Waals surface area contributed by atoms with Crippen LogP contribution in [0, 0.1) is 11.3 Å². The summed E-state index contributed by atoms with van der Waals surface area (Å²) in [6.07, 6.45) is 4.61. The van der Waals surface area contributed by atoms with Crippen LogP contribution in [0.1, 0.15) is 46.4 Å². The number of carbonyl (C=O) groups excluding carboxylic acids is 3. The van der Waals surface area contributed by atoms with E-state index in [-0.39, 0.29) is 24.2 Å². The van der Waals surface area contributed by atoms with Crippen molar-refractivity contribution >= 4 is 35.5 Å². The molecule has 12 heteroatoms. The molecule has 5 heterocycles. The van der Waals surface area contributed by atoms with E-state index in [0.29, 0.717) is 73.6 Å². The highest BCUT2D eigenvalue weighted by Gasteiger charge is 2.33. The third-order valence-corrected chi connectivity index (χ3v) is 7.58. The van der Waals surface area contributed by atoms with E-state index in [0.717, 1.165) is 18.5 Å². The first kappa shape index (κ1) is 26.5. The lowest BCUT2D eigenvalue weighted by molar-refractivity contribution is -0.136. The van der Waals surface area contributed by atoms with Gasteiger partial charge in [0.05, 0.1) is 17.4 Å². The number of aldehydes is 1. The first-order valence-electron chi connectivity index (χ1n) is 13.0. The average Bonchev–Trinajstić information content (AvgIpc) is 3.58. The molecule has 3 amide bonds. The Labute approximate surface area is 226 Å². The number of likely N-dealkylation sites (tertiary alicyclic amines) is 1. The van der Waals surface area contributed by atoms with Gasteiger partial charge in [0.25, 0.3) is 5.91 Å². The molecule has 0 aliphatic carbocycles. The van der Waals surface area contributed by atoms with Crippen molar-refractivity contribution < 1.29 is 23.9 Å². The molecule has 2 aromatic rings. The van der Waals surface area contributed by atoms with E-state index in [1.165, 1.54) is 18.2 Å². The van der Waals surface area contributed by atoms with Gasteiger partial charge in [-0.15, -0.1) is 0 Å². The molecular formula is C27H31N7O5. The molecule has 39 heavy (non-hydrogen) atoms. The quantitative estimate of drug-likeness (QED) is 0.530. The maximum Gasteiger partial charge on any atom is 0.328 e. The lowest BCUT2D eigenvalue weighted by Crippen LogP contribution is -2.40. The highest BCUT2D eigenvalue weighted by atomic mass is 16.5. The van der Waals surface area contributed by atoms with Crippen molar-refractivity contribution in [3.8, 4) is 6.07 Å². The van der Waals surface area contributed by atoms with E-state index in [1.807, 2.05) is 6.07 Å². The molecule has 12 nitrogen and oxygen atoms in total. The molecule has 2 aromatic heterocycles. The fourth-order valence-electron chi connectivity index (χ4n) is 5.45. The number of ether oxygens (including phenoxy) is 2. The third-order valence-electron chi connectivity index (χ3n) is 7.58. The van der Waals surface area contributed by atoms with Gasteiger partial charge in [-0.05, 0) is 30.9 Å². The summed E-state index contributed by atoms with van der Waals surface area (Å²) in [6.45, 7) is 2.62. The molecule has 5 rings (SSSR count). The number of aromatic nitrogens is 2. The average molecular weight is 534 g/mol. The van der Waals surface area contributed by atoms with Crippen molar-refractivity contribution in [1.82, 2.24) is 14.9 Å². The maximum absolute atomic E-state index is 13.4. The molecule has 3 aliphatic rings. The monoisotopic (exact) mass is 533 g/mol. The Kier molecular flexibility index (Phi) is 7.72. The van der Waals surface area contributed by atoms with E-state index in [4.69, 9.17) is 9.47 Å². The van der Waals surface area contributed by atoms with Crippen molar-refractivity contribution in [2.45, 2.75) is 44.4 Å². The van der Waals surface area contributed by atoms with Crippen molar-refractivity contribution in [3.63, 3.8) is 0 Å². The van der Waals surface area contributed by atoms with Crippen molar-refractivity contribution in [3.05, 3.63) is 40.7 Å². The molecule has 1 N–H and O–H groups in total. The number of nitrogens with zero attached hydrogens (tertiary/aromatic N) is 6. The number of methoxy groups -OCH3 is 2. The van der Waals surface area contributed by atoms with Crippen LogP contribution in [0.15, 0.2) is 18.3 Å². The van der Waals surface area contributed by atoms with E-state index >= 15 is 0 Å². The van der Waals surface area contributed by atoms with Crippen LogP contribution in [-0.2, 0) is 27.2 Å². The van der Waals surface area contributed by atoms with Gasteiger partial charge in [0.2, 0.25) is 0 Å². The minimum absolute atomic E-state index is 0.0839. The summed E-state index contributed by atoms with van der Waals surface area (Å²) in [5.41, 5.74) is 2.80. The number of hydrogen-bond donors (Lipinski definition) is 1. The number of anilines is 3. The standard InChI is InChI=1S/C27H31N7O5/c1-38-20-5-8-32(15-20)22-11-24(29-13-19(22)12-28)31-27(37)34-7-3-4-17-10-18(21(16-35)30-25(17)34)14-33-9-6-23(39-2)26(33)36/h10-11,13,16,20,23H,3-9,14-15H2,1-2H3,(H,29,31,37)/t20-,23-/m0/s1. The second kappa shape index (κ2) is 11.3. The van der Waals surface area contributed by atoms with Crippen molar-refractivity contribution in [1.29, 1.82) is 5.26 Å². The normalized spacial score (nSPS) is 20.6. The zero-order valence-corrected chi connectivity index (χ0v) is 22.1. The van der Waals surface area contributed by atoms with E-state index in [1.54, 1.807) is 18.1 Å². The zero-order chi connectivity index (χ0) is 27.5. The van der Waals surface area contributed by atoms with Gasteiger partial charge >= 0.3 is 6.03 Å². The van der Waals surface area contributed by atoms with Gasteiger partial charge in [0.1, 0.15) is 29.5 Å². The molecule has 2 fully saturated rings. The highest BCUT2D eigenvalue weighted by molar-refractivity contribution is 6.02. The van der Waals surface area contributed by atoms with Crippen LogP contribution in [0.3, 0.4) is 0 Å². The van der Waals surface area contributed by atoms with Crippen LogP contribution >= 0.6 is 0 Å². The molecule has 2 saturated heterocycles. The fraction of sp³-hybridized carbons (Fsp3) is 0.481. The summed E-state index contributed by atoms with van der Waals surface area (Å²) in [7, 11) is 3.18. The van der Waals surface area contributed by atoms with Crippen LogP contribution in [0.5, 0.6) is 0 Å². The van der Waals surface area contributed by atoms with Gasteiger partial charge in [0, 0.05) is 71.2 Å². The lowest BCUT2D eigenvalue weighted by Gasteiger charge is -2.29. The number of nitriles is 1. The predicted octanol–water partition coefficient (Wildman–Crippen LogP) is 2.12. The molecule has 3 aliphatic heterocycles. The molecule has 0 spiro atoms. The van der Waals surface area contributed by atoms with Crippen LogP contribution in [0.25, 0.3) is 0 Å². The summed E-state index contributed by atoms with van der Waals surface area (Å²) >= 11 is 0. The molecule has 0 saturated carbocycles. The number of amides is 3. The second-order valence-corrected chi connectivity index (χ2v) is 9.88. The van der Waals surface area contributed by atoms with Gasteiger partial charge < -0.3 is 19.3 Å². The number of fused-ring (bicyclic) bond motifs is 1. The number of aryl methyl sites for hydroxylation is 1. The smallest absolute Gasteiger partial charge is 0.328 e.